The van der Waals surface area contributed by atoms with Gasteiger partial charge in [0.2, 0.25) is 11.8 Å². The highest BCUT2D eigenvalue weighted by Gasteiger charge is 2.53. The number of piperidine rings is 1. The zero-order chi connectivity index (χ0) is 31.8. The van der Waals surface area contributed by atoms with E-state index in [1.807, 2.05) is 11.8 Å². The second-order valence-corrected chi connectivity index (χ2v) is 15.9. The molecule has 44 heavy (non-hydrogen) atoms. The van der Waals surface area contributed by atoms with Gasteiger partial charge in [-0.2, -0.15) is 0 Å². The number of fused-ring (bicyclic) bond motifs is 2. The number of amides is 2. The number of hydrogen-bond acceptors (Lipinski definition) is 3. The smallest absolute Gasteiger partial charge is 0.227 e. The predicted molar refractivity (Wildman–Crippen MR) is 170 cm³/mol. The standard InChI is InChI=1S/C36H46ClF2N3O2/c1-21-15-25-28(17-30(21)37)36(18-29(25)35(5,6)33(44)40-23-8-9-23)11-13-41(14-12-36)32(43)27-20-42(34(2,3)4)19-26(27)24-10-7-22(38)16-31(24)39/h7,10,15-17,23,26-27,29H,8-9,11-14,18-20H2,1-6H3,(H,40,44)/t26-,27+,29+/m0/s1. The number of halogens is 3. The van der Waals surface area contributed by atoms with Gasteiger partial charge in [0, 0.05) is 54.8 Å². The highest BCUT2D eigenvalue weighted by molar-refractivity contribution is 6.31. The molecule has 2 aliphatic heterocycles. The average molecular weight is 626 g/mol. The van der Waals surface area contributed by atoms with Gasteiger partial charge in [-0.3, -0.25) is 14.5 Å². The number of nitrogens with zero attached hydrogens (tertiary/aromatic N) is 2. The van der Waals surface area contributed by atoms with Crippen LogP contribution in [0.25, 0.3) is 0 Å². The first-order valence-electron chi connectivity index (χ1n) is 16.2. The number of carbonyl (C=O) groups excluding carboxylic acids is 2. The molecule has 4 aliphatic rings. The summed E-state index contributed by atoms with van der Waals surface area (Å²) in [6.45, 7) is 14.7. The Balaban J connectivity index is 1.25. The largest absolute Gasteiger partial charge is 0.353 e. The third kappa shape index (κ3) is 5.57. The molecule has 1 spiro atoms. The Hall–Kier alpha value is -2.51. The molecule has 2 heterocycles. The van der Waals surface area contributed by atoms with Crippen molar-refractivity contribution in [3.63, 3.8) is 0 Å². The molecule has 6 rings (SSSR count). The van der Waals surface area contributed by atoms with E-state index in [9.17, 15) is 14.0 Å². The number of hydrogen-bond donors (Lipinski definition) is 1. The summed E-state index contributed by atoms with van der Waals surface area (Å²) < 4.78 is 28.8. The lowest BCUT2D eigenvalue weighted by Crippen LogP contribution is -2.48. The number of likely N-dealkylation sites (tertiary alicyclic amines) is 2. The van der Waals surface area contributed by atoms with E-state index in [0.717, 1.165) is 48.8 Å². The summed E-state index contributed by atoms with van der Waals surface area (Å²) in [5, 5.41) is 3.98. The quantitative estimate of drug-likeness (QED) is 0.386. The Kier molecular flexibility index (Phi) is 7.93. The third-order valence-corrected chi connectivity index (χ3v) is 11.6. The molecule has 238 valence electrons. The molecule has 2 aromatic rings. The van der Waals surface area contributed by atoms with Crippen molar-refractivity contribution in [2.24, 2.45) is 11.3 Å². The van der Waals surface area contributed by atoms with Gasteiger partial charge in [-0.05, 0) is 106 Å². The minimum atomic E-state index is -0.611. The Labute approximate surface area is 265 Å². The number of aryl methyl sites for hydroxylation is 1. The fraction of sp³-hybridized carbons (Fsp3) is 0.611. The minimum absolute atomic E-state index is 0.0428. The van der Waals surface area contributed by atoms with Crippen LogP contribution in [0.5, 0.6) is 0 Å². The maximum atomic E-state index is 15.0. The van der Waals surface area contributed by atoms with Crippen molar-refractivity contribution in [3.8, 4) is 0 Å². The number of nitrogens with one attached hydrogen (secondary N) is 1. The zero-order valence-corrected chi connectivity index (χ0v) is 27.7. The summed E-state index contributed by atoms with van der Waals surface area (Å²) in [5.41, 5.74) is 2.93. The lowest BCUT2D eigenvalue weighted by Gasteiger charge is -2.42. The van der Waals surface area contributed by atoms with Crippen molar-refractivity contribution < 1.29 is 18.4 Å². The van der Waals surface area contributed by atoms with Crippen molar-refractivity contribution in [2.75, 3.05) is 26.2 Å². The Morgan fingerprint density at radius 3 is 2.27 bits per heavy atom. The van der Waals surface area contributed by atoms with Crippen molar-refractivity contribution >= 4 is 23.4 Å². The van der Waals surface area contributed by atoms with E-state index in [4.69, 9.17) is 11.6 Å². The zero-order valence-electron chi connectivity index (χ0n) is 26.9. The van der Waals surface area contributed by atoms with Crippen LogP contribution >= 0.6 is 11.6 Å². The fourth-order valence-electron chi connectivity index (χ4n) is 8.05. The van der Waals surface area contributed by atoms with Crippen LogP contribution < -0.4 is 5.32 Å². The lowest BCUT2D eigenvalue weighted by atomic mass is 9.69. The Bertz CT molecular complexity index is 1470. The summed E-state index contributed by atoms with van der Waals surface area (Å²) in [6, 6.07) is 8.32. The minimum Gasteiger partial charge on any atom is -0.353 e. The van der Waals surface area contributed by atoms with Gasteiger partial charge in [-0.15, -0.1) is 0 Å². The first-order chi connectivity index (χ1) is 20.6. The highest BCUT2D eigenvalue weighted by Crippen LogP contribution is 2.58. The molecule has 2 aliphatic carbocycles. The van der Waals surface area contributed by atoms with Crippen molar-refractivity contribution in [1.82, 2.24) is 15.1 Å². The molecule has 3 fully saturated rings. The van der Waals surface area contributed by atoms with Crippen LogP contribution in [0.4, 0.5) is 8.78 Å². The van der Waals surface area contributed by atoms with Gasteiger partial charge >= 0.3 is 0 Å². The molecule has 0 bridgehead atoms. The van der Waals surface area contributed by atoms with E-state index in [-0.39, 0.29) is 34.6 Å². The Morgan fingerprint density at radius 2 is 1.66 bits per heavy atom. The van der Waals surface area contributed by atoms with Crippen molar-refractivity contribution in [2.45, 2.75) is 102 Å². The summed E-state index contributed by atoms with van der Waals surface area (Å²) in [4.78, 5) is 31.9. The molecule has 2 saturated heterocycles. The van der Waals surface area contributed by atoms with Crippen LogP contribution in [-0.4, -0.2) is 59.4 Å². The van der Waals surface area contributed by atoms with E-state index in [1.165, 1.54) is 23.3 Å². The molecule has 3 atom stereocenters. The molecule has 2 aromatic carbocycles. The monoisotopic (exact) mass is 625 g/mol. The first kappa shape index (κ1) is 31.5. The van der Waals surface area contributed by atoms with Gasteiger partial charge in [0.05, 0.1) is 11.3 Å². The molecule has 1 saturated carbocycles. The summed E-state index contributed by atoms with van der Waals surface area (Å²) in [5.74, 6) is -1.75. The van der Waals surface area contributed by atoms with Crippen LogP contribution in [-0.2, 0) is 15.0 Å². The second-order valence-electron chi connectivity index (χ2n) is 15.5. The number of carbonyl (C=O) groups is 2. The molecule has 0 radical (unpaired) electrons. The van der Waals surface area contributed by atoms with E-state index < -0.39 is 23.0 Å². The molecule has 8 heteroatoms. The van der Waals surface area contributed by atoms with Crippen LogP contribution in [0, 0.1) is 29.9 Å². The van der Waals surface area contributed by atoms with Crippen LogP contribution in [0.3, 0.4) is 0 Å². The first-order valence-corrected chi connectivity index (χ1v) is 16.6. The molecule has 0 unspecified atom stereocenters. The molecule has 1 N–H and O–H groups in total. The maximum Gasteiger partial charge on any atom is 0.227 e. The van der Waals surface area contributed by atoms with Gasteiger partial charge < -0.3 is 10.2 Å². The van der Waals surface area contributed by atoms with Gasteiger partial charge in [-0.1, -0.05) is 37.6 Å². The van der Waals surface area contributed by atoms with E-state index in [2.05, 4.69) is 57.0 Å². The lowest BCUT2D eigenvalue weighted by molar-refractivity contribution is -0.137. The molecule has 2 amide bonds. The van der Waals surface area contributed by atoms with Gasteiger partial charge in [0.15, 0.2) is 0 Å². The maximum absolute atomic E-state index is 15.0. The van der Waals surface area contributed by atoms with E-state index in [0.29, 0.717) is 37.8 Å². The molecule has 5 nitrogen and oxygen atoms in total. The molecular weight excluding hydrogens is 580 g/mol. The van der Waals surface area contributed by atoms with Crippen LogP contribution in [0.1, 0.15) is 101 Å². The van der Waals surface area contributed by atoms with Crippen LogP contribution in [0.2, 0.25) is 5.02 Å². The van der Waals surface area contributed by atoms with Crippen LogP contribution in [0.15, 0.2) is 30.3 Å². The number of rotatable bonds is 5. The summed E-state index contributed by atoms with van der Waals surface area (Å²) in [6.07, 6.45) is 4.52. The highest BCUT2D eigenvalue weighted by atomic mass is 35.5. The Morgan fingerprint density at radius 1 is 0.977 bits per heavy atom. The van der Waals surface area contributed by atoms with Crippen molar-refractivity contribution in [1.29, 1.82) is 0 Å². The van der Waals surface area contributed by atoms with E-state index >= 15 is 4.39 Å². The molecule has 0 aromatic heterocycles. The second kappa shape index (κ2) is 11.1. The predicted octanol–water partition coefficient (Wildman–Crippen LogP) is 7.09. The van der Waals surface area contributed by atoms with Gasteiger partial charge in [0.1, 0.15) is 11.6 Å². The topological polar surface area (TPSA) is 52.7 Å². The third-order valence-electron chi connectivity index (χ3n) is 11.2. The van der Waals surface area contributed by atoms with Crippen molar-refractivity contribution in [3.05, 3.63) is 69.2 Å². The SMILES string of the molecule is Cc1cc2c(cc1Cl)C1(CCN(C(=O)[C@@H]3CN(C(C)(C)C)C[C@H]3c3ccc(F)cc3F)CC1)C[C@H]2C(C)(C)C(=O)NC1CC1. The number of benzene rings is 2. The summed E-state index contributed by atoms with van der Waals surface area (Å²) >= 11 is 6.71. The average Bonchev–Trinajstić information content (AvgIpc) is 3.57. The summed E-state index contributed by atoms with van der Waals surface area (Å²) in [7, 11) is 0. The fourth-order valence-corrected chi connectivity index (χ4v) is 8.21. The molecular formula is C36H46ClF2N3O2. The van der Waals surface area contributed by atoms with E-state index in [1.54, 1.807) is 0 Å². The van der Waals surface area contributed by atoms with Gasteiger partial charge in [-0.25, -0.2) is 8.78 Å². The van der Waals surface area contributed by atoms with Gasteiger partial charge in [0.25, 0.3) is 0 Å². The normalized spacial score (nSPS) is 25.4.